The van der Waals surface area contributed by atoms with Crippen molar-refractivity contribution >= 4 is 11.5 Å². The quantitative estimate of drug-likeness (QED) is 0.291. The molecule has 0 aliphatic heterocycles. The topological polar surface area (TPSA) is 49.7 Å². The highest BCUT2D eigenvalue weighted by Gasteiger charge is 2.05. The fourth-order valence-electron chi connectivity index (χ4n) is 0.628. The summed E-state index contributed by atoms with van der Waals surface area (Å²) in [6.07, 6.45) is 1.17. The average Bonchev–Trinajstić information content (AvgIpc) is 1.87. The van der Waals surface area contributed by atoms with Crippen molar-refractivity contribution in [2.75, 3.05) is 0 Å². The fraction of sp³-hybridized carbons (Fsp3) is 0.500. The zero-order valence-corrected chi connectivity index (χ0v) is 6.92. The first-order valence-electron chi connectivity index (χ1n) is 3.44. The second-order valence-corrected chi connectivity index (χ2v) is 2.56. The Bertz CT molecular complexity index is 194. The zero-order valence-electron chi connectivity index (χ0n) is 6.92. The van der Waals surface area contributed by atoms with Gasteiger partial charge in [0.2, 0.25) is 0 Å². The fourth-order valence-corrected chi connectivity index (χ4v) is 0.628. The van der Waals surface area contributed by atoms with Crippen LogP contribution in [0.25, 0.3) is 0 Å². The van der Waals surface area contributed by atoms with E-state index < -0.39 is 0 Å². The van der Waals surface area contributed by atoms with Crippen molar-refractivity contribution in [1.29, 1.82) is 0 Å². The lowest BCUT2D eigenvalue weighted by Crippen LogP contribution is -2.09. The molecule has 0 aromatic carbocycles. The summed E-state index contributed by atoms with van der Waals surface area (Å²) in [5.41, 5.74) is 1.19. The van der Waals surface area contributed by atoms with Crippen molar-refractivity contribution in [3.05, 3.63) is 12.2 Å². The van der Waals surface area contributed by atoms with E-state index in [1.54, 1.807) is 0 Å². The number of hydrogen-bond acceptors (Lipinski definition) is 3. The normalized spacial score (nSPS) is 11.3. The molecule has 3 nitrogen and oxygen atoms in total. The first kappa shape index (κ1) is 9.88. The molecule has 0 aromatic heterocycles. The smallest absolute Gasteiger partial charge is 0.177 e. The molecule has 0 aliphatic rings. The Labute approximate surface area is 66.4 Å². The van der Waals surface area contributed by atoms with Crippen LogP contribution in [0.4, 0.5) is 0 Å². The summed E-state index contributed by atoms with van der Waals surface area (Å²) in [6.45, 7) is 6.93. The van der Waals surface area contributed by atoms with E-state index in [0.29, 0.717) is 12.8 Å². The van der Waals surface area contributed by atoms with Crippen LogP contribution in [-0.2, 0) is 4.79 Å². The van der Waals surface area contributed by atoms with Crippen molar-refractivity contribution in [2.45, 2.75) is 26.7 Å². The SMILES string of the molecule is C=C(C)CC/C(=N\O)C(C)=O. The summed E-state index contributed by atoms with van der Waals surface area (Å²) in [6, 6.07) is 0. The van der Waals surface area contributed by atoms with Gasteiger partial charge in [0.1, 0.15) is 5.71 Å². The molecule has 11 heavy (non-hydrogen) atoms. The van der Waals surface area contributed by atoms with Crippen LogP contribution in [0.1, 0.15) is 26.7 Å². The number of hydrogen-bond donors (Lipinski definition) is 1. The Morgan fingerprint density at radius 1 is 1.45 bits per heavy atom. The number of ketones is 1. The van der Waals surface area contributed by atoms with Crippen LogP contribution in [0.5, 0.6) is 0 Å². The third-order valence-corrected chi connectivity index (χ3v) is 1.32. The van der Waals surface area contributed by atoms with Crippen molar-refractivity contribution in [2.24, 2.45) is 5.16 Å². The van der Waals surface area contributed by atoms with Crippen LogP contribution < -0.4 is 0 Å². The molecule has 0 radical (unpaired) electrons. The summed E-state index contributed by atoms with van der Waals surface area (Å²) >= 11 is 0. The number of Topliss-reactive ketones (excluding diaryl/α,β-unsaturated/α-hetero) is 1. The Balaban J connectivity index is 3.92. The standard InChI is InChI=1S/C8H13NO2/c1-6(2)4-5-8(9-11)7(3)10/h11H,1,4-5H2,2-3H3/b9-8+. The molecule has 0 spiro atoms. The van der Waals surface area contributed by atoms with E-state index in [0.717, 1.165) is 5.57 Å². The predicted octanol–water partition coefficient (Wildman–Crippen LogP) is 1.76. The van der Waals surface area contributed by atoms with Crippen molar-refractivity contribution in [1.82, 2.24) is 0 Å². The number of oxime groups is 1. The summed E-state index contributed by atoms with van der Waals surface area (Å²) in [5.74, 6) is -0.186. The summed E-state index contributed by atoms with van der Waals surface area (Å²) < 4.78 is 0. The Hall–Kier alpha value is -1.12. The highest BCUT2D eigenvalue weighted by Crippen LogP contribution is 2.02. The lowest BCUT2D eigenvalue weighted by atomic mass is 10.1. The van der Waals surface area contributed by atoms with Gasteiger partial charge in [0.15, 0.2) is 5.78 Å². The van der Waals surface area contributed by atoms with E-state index in [1.165, 1.54) is 6.92 Å². The molecule has 0 amide bonds. The van der Waals surface area contributed by atoms with Crippen LogP contribution >= 0.6 is 0 Å². The third kappa shape index (κ3) is 4.31. The Morgan fingerprint density at radius 2 is 2.00 bits per heavy atom. The second-order valence-electron chi connectivity index (χ2n) is 2.56. The molecule has 3 heteroatoms. The molecule has 0 heterocycles. The monoisotopic (exact) mass is 155 g/mol. The van der Waals surface area contributed by atoms with Gasteiger partial charge < -0.3 is 5.21 Å². The Morgan fingerprint density at radius 3 is 2.27 bits per heavy atom. The molecule has 0 atom stereocenters. The van der Waals surface area contributed by atoms with E-state index in [4.69, 9.17) is 5.21 Å². The van der Waals surface area contributed by atoms with Crippen LogP contribution in [-0.4, -0.2) is 16.7 Å². The molecule has 0 unspecified atom stereocenters. The van der Waals surface area contributed by atoms with Gasteiger partial charge in [-0.3, -0.25) is 4.79 Å². The molecule has 0 aliphatic carbocycles. The van der Waals surface area contributed by atoms with Gasteiger partial charge >= 0.3 is 0 Å². The first-order chi connectivity index (χ1) is 5.07. The van der Waals surface area contributed by atoms with Gasteiger partial charge in [-0.2, -0.15) is 0 Å². The molecule has 0 fully saturated rings. The van der Waals surface area contributed by atoms with Gasteiger partial charge in [0.25, 0.3) is 0 Å². The van der Waals surface area contributed by atoms with Crippen molar-refractivity contribution in [3.8, 4) is 0 Å². The van der Waals surface area contributed by atoms with E-state index in [9.17, 15) is 4.79 Å². The maximum absolute atomic E-state index is 10.7. The predicted molar refractivity (Wildman–Crippen MR) is 44.0 cm³/mol. The number of rotatable bonds is 4. The van der Waals surface area contributed by atoms with E-state index >= 15 is 0 Å². The third-order valence-electron chi connectivity index (χ3n) is 1.32. The molecule has 62 valence electrons. The maximum Gasteiger partial charge on any atom is 0.177 e. The minimum absolute atomic E-state index is 0.186. The lowest BCUT2D eigenvalue weighted by Gasteiger charge is -1.98. The first-order valence-corrected chi connectivity index (χ1v) is 3.44. The average molecular weight is 155 g/mol. The highest BCUT2D eigenvalue weighted by molar-refractivity contribution is 6.38. The van der Waals surface area contributed by atoms with Gasteiger partial charge in [0.05, 0.1) is 0 Å². The summed E-state index contributed by atoms with van der Waals surface area (Å²) in [4.78, 5) is 10.7. The van der Waals surface area contributed by atoms with Gasteiger partial charge in [-0.05, 0) is 13.3 Å². The summed E-state index contributed by atoms with van der Waals surface area (Å²) in [7, 11) is 0. The van der Waals surface area contributed by atoms with Crippen LogP contribution in [0.2, 0.25) is 0 Å². The van der Waals surface area contributed by atoms with E-state index in [2.05, 4.69) is 11.7 Å². The maximum atomic E-state index is 10.7. The number of allylic oxidation sites excluding steroid dienone is 1. The van der Waals surface area contributed by atoms with Gasteiger partial charge in [0, 0.05) is 13.3 Å². The molecule has 0 saturated carbocycles. The minimum Gasteiger partial charge on any atom is -0.411 e. The molecule has 0 bridgehead atoms. The number of carbonyl (C=O) groups excluding carboxylic acids is 1. The van der Waals surface area contributed by atoms with Gasteiger partial charge in [-0.25, -0.2) is 0 Å². The van der Waals surface area contributed by atoms with Crippen molar-refractivity contribution < 1.29 is 10.0 Å². The zero-order chi connectivity index (χ0) is 8.85. The lowest BCUT2D eigenvalue weighted by molar-refractivity contribution is -0.111. The van der Waals surface area contributed by atoms with Gasteiger partial charge in [-0.15, -0.1) is 6.58 Å². The Kier molecular flexibility index (Phi) is 4.18. The van der Waals surface area contributed by atoms with E-state index in [1.807, 2.05) is 6.92 Å². The number of nitrogens with zero attached hydrogens (tertiary/aromatic N) is 1. The second kappa shape index (κ2) is 4.66. The molecule has 1 N–H and O–H groups in total. The molecular formula is C8H13NO2. The molecular weight excluding hydrogens is 142 g/mol. The highest BCUT2D eigenvalue weighted by atomic mass is 16.4. The van der Waals surface area contributed by atoms with E-state index in [-0.39, 0.29) is 11.5 Å². The largest absolute Gasteiger partial charge is 0.411 e. The van der Waals surface area contributed by atoms with Crippen LogP contribution in [0, 0.1) is 0 Å². The van der Waals surface area contributed by atoms with Gasteiger partial charge in [-0.1, -0.05) is 10.7 Å². The van der Waals surface area contributed by atoms with Crippen LogP contribution in [0.3, 0.4) is 0 Å². The molecule has 0 saturated heterocycles. The minimum atomic E-state index is -0.186. The summed E-state index contributed by atoms with van der Waals surface area (Å²) in [5, 5.41) is 11.2. The molecule has 0 rings (SSSR count). The van der Waals surface area contributed by atoms with Crippen molar-refractivity contribution in [3.63, 3.8) is 0 Å². The number of carbonyl (C=O) groups is 1. The molecule has 0 aromatic rings. The van der Waals surface area contributed by atoms with Crippen LogP contribution in [0.15, 0.2) is 17.3 Å².